The Morgan fingerprint density at radius 3 is 2.64 bits per heavy atom. The Bertz CT molecular complexity index is 86.9. The molecule has 0 aliphatic heterocycles. The Kier molecular flexibility index (Phi) is 4.60. The summed E-state index contributed by atoms with van der Waals surface area (Å²) < 4.78 is 4.98. The highest BCUT2D eigenvalue weighted by molar-refractivity contribution is 4.93. The van der Waals surface area contributed by atoms with E-state index in [1.807, 2.05) is 0 Å². The van der Waals surface area contributed by atoms with E-state index in [4.69, 9.17) is 4.74 Å². The molecule has 1 radical (unpaired) electrons. The van der Waals surface area contributed by atoms with Gasteiger partial charge < -0.3 is 4.74 Å². The van der Waals surface area contributed by atoms with E-state index in [1.165, 1.54) is 38.5 Å². The quantitative estimate of drug-likeness (QED) is 0.514. The van der Waals surface area contributed by atoms with Crippen molar-refractivity contribution in [1.82, 2.24) is 0 Å². The first-order valence-electron chi connectivity index (χ1n) is 4.76. The van der Waals surface area contributed by atoms with Gasteiger partial charge in [0, 0.05) is 13.7 Å². The fraction of sp³-hybridized carbons (Fsp3) is 0.900. The lowest BCUT2D eigenvalue weighted by Crippen LogP contribution is -1.88. The van der Waals surface area contributed by atoms with Crippen molar-refractivity contribution in [2.45, 2.75) is 38.5 Å². The molecule has 0 amide bonds. The number of methoxy groups -OCH3 is 1. The maximum atomic E-state index is 4.98. The van der Waals surface area contributed by atoms with Crippen LogP contribution in [-0.4, -0.2) is 13.7 Å². The van der Waals surface area contributed by atoms with Crippen LogP contribution in [0, 0.1) is 12.3 Å². The molecule has 0 N–H and O–H groups in total. The number of rotatable bonds is 7. The van der Waals surface area contributed by atoms with Crippen LogP contribution in [-0.2, 0) is 4.74 Å². The molecule has 1 unspecified atom stereocenters. The van der Waals surface area contributed by atoms with Crippen molar-refractivity contribution >= 4 is 0 Å². The highest BCUT2D eigenvalue weighted by Gasteiger charge is 2.20. The van der Waals surface area contributed by atoms with Gasteiger partial charge in [0.25, 0.3) is 0 Å². The van der Waals surface area contributed by atoms with E-state index in [0.29, 0.717) is 0 Å². The SMILES string of the molecule is COCCCCCCC1[CH]C1. The maximum Gasteiger partial charge on any atom is 0.0462 e. The van der Waals surface area contributed by atoms with Gasteiger partial charge in [-0.2, -0.15) is 0 Å². The second-order valence-electron chi connectivity index (χ2n) is 3.43. The number of hydrogen-bond acceptors (Lipinski definition) is 1. The summed E-state index contributed by atoms with van der Waals surface area (Å²) in [7, 11) is 1.78. The van der Waals surface area contributed by atoms with Gasteiger partial charge in [0.1, 0.15) is 0 Å². The van der Waals surface area contributed by atoms with E-state index in [0.717, 1.165) is 12.5 Å². The van der Waals surface area contributed by atoms with Crippen LogP contribution in [0.1, 0.15) is 38.5 Å². The van der Waals surface area contributed by atoms with E-state index in [9.17, 15) is 0 Å². The normalized spacial score (nSPS) is 17.2. The largest absolute Gasteiger partial charge is 0.385 e. The zero-order chi connectivity index (χ0) is 7.94. The van der Waals surface area contributed by atoms with Crippen molar-refractivity contribution in [1.29, 1.82) is 0 Å². The zero-order valence-electron chi connectivity index (χ0n) is 7.51. The van der Waals surface area contributed by atoms with Crippen molar-refractivity contribution in [3.63, 3.8) is 0 Å². The smallest absolute Gasteiger partial charge is 0.0462 e. The summed E-state index contributed by atoms with van der Waals surface area (Å²) >= 11 is 0. The van der Waals surface area contributed by atoms with Gasteiger partial charge in [-0.05, 0) is 25.2 Å². The summed E-state index contributed by atoms with van der Waals surface area (Å²) in [5, 5.41) is 0. The molecule has 1 nitrogen and oxygen atoms in total. The van der Waals surface area contributed by atoms with Crippen LogP contribution in [0.4, 0.5) is 0 Å². The average Bonchev–Trinajstić information content (AvgIpc) is 2.80. The van der Waals surface area contributed by atoms with Crippen LogP contribution in [0.25, 0.3) is 0 Å². The first-order chi connectivity index (χ1) is 5.43. The molecule has 1 fully saturated rings. The van der Waals surface area contributed by atoms with Crippen molar-refractivity contribution in [2.75, 3.05) is 13.7 Å². The molecule has 0 aromatic rings. The summed E-state index contributed by atoms with van der Waals surface area (Å²) in [6, 6.07) is 0. The summed E-state index contributed by atoms with van der Waals surface area (Å²) in [6.07, 6.45) is 10.6. The molecule has 0 aromatic carbocycles. The summed E-state index contributed by atoms with van der Waals surface area (Å²) in [4.78, 5) is 0. The van der Waals surface area contributed by atoms with Crippen molar-refractivity contribution in [3.05, 3.63) is 6.42 Å². The van der Waals surface area contributed by atoms with Gasteiger partial charge in [-0.25, -0.2) is 0 Å². The molecule has 0 heterocycles. The Hall–Kier alpha value is -0.0400. The molecular weight excluding hydrogens is 136 g/mol. The molecule has 65 valence electrons. The van der Waals surface area contributed by atoms with Gasteiger partial charge in [-0.3, -0.25) is 0 Å². The average molecular weight is 155 g/mol. The van der Waals surface area contributed by atoms with Crippen LogP contribution in [0.5, 0.6) is 0 Å². The van der Waals surface area contributed by atoms with Gasteiger partial charge in [-0.1, -0.05) is 25.7 Å². The van der Waals surface area contributed by atoms with Crippen molar-refractivity contribution in [2.24, 2.45) is 5.92 Å². The predicted octanol–water partition coefficient (Wildman–Crippen LogP) is 2.81. The molecule has 0 saturated heterocycles. The monoisotopic (exact) mass is 155 g/mol. The van der Waals surface area contributed by atoms with Crippen LogP contribution in [0.2, 0.25) is 0 Å². The minimum absolute atomic E-state index is 0.940. The zero-order valence-corrected chi connectivity index (χ0v) is 7.51. The highest BCUT2D eigenvalue weighted by Crippen LogP contribution is 2.32. The molecule has 1 saturated carbocycles. The van der Waals surface area contributed by atoms with Gasteiger partial charge in [0.15, 0.2) is 0 Å². The topological polar surface area (TPSA) is 9.23 Å². The van der Waals surface area contributed by atoms with E-state index < -0.39 is 0 Å². The van der Waals surface area contributed by atoms with Gasteiger partial charge >= 0.3 is 0 Å². The molecule has 0 bridgehead atoms. The fourth-order valence-corrected chi connectivity index (χ4v) is 1.34. The first kappa shape index (κ1) is 9.05. The predicted molar refractivity (Wildman–Crippen MR) is 47.4 cm³/mol. The van der Waals surface area contributed by atoms with E-state index in [-0.39, 0.29) is 0 Å². The van der Waals surface area contributed by atoms with E-state index in [2.05, 4.69) is 6.42 Å². The van der Waals surface area contributed by atoms with Crippen molar-refractivity contribution < 1.29 is 4.74 Å². The number of ether oxygens (including phenoxy) is 1. The maximum absolute atomic E-state index is 4.98. The molecule has 1 aliphatic rings. The minimum atomic E-state index is 0.940. The van der Waals surface area contributed by atoms with Crippen LogP contribution in [0.3, 0.4) is 0 Å². The summed E-state index contributed by atoms with van der Waals surface area (Å²) in [5.41, 5.74) is 0. The lowest BCUT2D eigenvalue weighted by molar-refractivity contribution is 0.192. The standard InChI is InChI=1S/C10H19O/c1-11-9-5-3-2-4-6-10-7-8-10/h7,10H,2-6,8-9H2,1H3. The Labute approximate surface area is 70.1 Å². The Morgan fingerprint density at radius 2 is 2.00 bits per heavy atom. The van der Waals surface area contributed by atoms with Crippen LogP contribution < -0.4 is 0 Å². The summed E-state index contributed by atoms with van der Waals surface area (Å²) in [5.74, 6) is 0.998. The van der Waals surface area contributed by atoms with Crippen LogP contribution in [0.15, 0.2) is 0 Å². The molecule has 1 atom stereocenters. The highest BCUT2D eigenvalue weighted by atomic mass is 16.5. The van der Waals surface area contributed by atoms with Crippen molar-refractivity contribution in [3.8, 4) is 0 Å². The minimum Gasteiger partial charge on any atom is -0.385 e. The lowest BCUT2D eigenvalue weighted by atomic mass is 10.1. The third kappa shape index (κ3) is 5.25. The lowest BCUT2D eigenvalue weighted by Gasteiger charge is -1.99. The fourth-order valence-electron chi connectivity index (χ4n) is 1.34. The molecular formula is C10H19O. The van der Waals surface area contributed by atoms with Gasteiger partial charge in [0.05, 0.1) is 0 Å². The first-order valence-corrected chi connectivity index (χ1v) is 4.76. The second-order valence-corrected chi connectivity index (χ2v) is 3.43. The van der Waals surface area contributed by atoms with E-state index >= 15 is 0 Å². The molecule has 1 aliphatic carbocycles. The number of hydrogen-bond donors (Lipinski definition) is 0. The molecule has 1 heteroatoms. The van der Waals surface area contributed by atoms with Gasteiger partial charge in [0.2, 0.25) is 0 Å². The van der Waals surface area contributed by atoms with E-state index in [1.54, 1.807) is 7.11 Å². The second kappa shape index (κ2) is 5.59. The third-order valence-corrected chi connectivity index (χ3v) is 2.24. The van der Waals surface area contributed by atoms with Gasteiger partial charge in [-0.15, -0.1) is 0 Å². The third-order valence-electron chi connectivity index (χ3n) is 2.24. The Balaban J connectivity index is 1.66. The van der Waals surface area contributed by atoms with Crippen LogP contribution >= 0.6 is 0 Å². The summed E-state index contributed by atoms with van der Waals surface area (Å²) in [6.45, 7) is 0.940. The Morgan fingerprint density at radius 1 is 1.27 bits per heavy atom. The molecule has 0 spiro atoms. The molecule has 11 heavy (non-hydrogen) atoms. The molecule has 0 aromatic heterocycles. The molecule has 1 rings (SSSR count). The number of unbranched alkanes of at least 4 members (excludes halogenated alkanes) is 3.